The van der Waals surface area contributed by atoms with Gasteiger partial charge in [-0.05, 0) is 69.0 Å². The zero-order valence-corrected chi connectivity index (χ0v) is 14.9. The van der Waals surface area contributed by atoms with Crippen LogP contribution in [0, 0.1) is 12.8 Å². The molecule has 0 bridgehead atoms. The lowest BCUT2D eigenvalue weighted by atomic mass is 9.99. The molecule has 2 aliphatic rings. The number of hydrogen-bond acceptors (Lipinski definition) is 4. The van der Waals surface area contributed by atoms with Crippen molar-refractivity contribution >= 4 is 21.6 Å². The van der Waals surface area contributed by atoms with Crippen molar-refractivity contribution in [3.63, 3.8) is 0 Å². The summed E-state index contributed by atoms with van der Waals surface area (Å²) < 4.78 is 25.5. The van der Waals surface area contributed by atoms with Crippen molar-refractivity contribution in [2.45, 2.75) is 26.2 Å². The Bertz CT molecular complexity index is 712. The Hall–Kier alpha value is -1.60. The monoisotopic (exact) mass is 351 g/mol. The molecular formula is C17H25N3O3S. The predicted octanol–water partition coefficient (Wildman–Crippen LogP) is 1.26. The molecule has 132 valence electrons. The van der Waals surface area contributed by atoms with Crippen LogP contribution in [0.1, 0.15) is 35.2 Å². The van der Waals surface area contributed by atoms with E-state index < -0.39 is 10.0 Å². The van der Waals surface area contributed by atoms with Crippen LogP contribution in [-0.2, 0) is 10.0 Å². The molecule has 2 aliphatic heterocycles. The van der Waals surface area contributed by atoms with E-state index in [0.717, 1.165) is 31.5 Å². The highest BCUT2D eigenvalue weighted by Crippen LogP contribution is 2.26. The van der Waals surface area contributed by atoms with Gasteiger partial charge in [-0.1, -0.05) is 0 Å². The molecule has 0 spiro atoms. The third kappa shape index (κ3) is 3.72. The topological polar surface area (TPSA) is 78.5 Å². The van der Waals surface area contributed by atoms with E-state index in [-0.39, 0.29) is 11.7 Å². The molecule has 7 heteroatoms. The standard InChI is InChI=1S/C17H25N3O3S/c1-13-10-15(20-8-3-9-24(20,22)23)5-6-16(13)17(21)19-12-14-4-2-7-18-11-14/h5-6,10,14,18H,2-4,7-9,11-12H2,1H3,(H,19,21). The summed E-state index contributed by atoms with van der Waals surface area (Å²) in [5.74, 6) is 0.592. The van der Waals surface area contributed by atoms with E-state index in [1.165, 1.54) is 4.31 Å². The maximum absolute atomic E-state index is 12.4. The summed E-state index contributed by atoms with van der Waals surface area (Å²) in [5.41, 5.74) is 2.06. The zero-order chi connectivity index (χ0) is 17.2. The van der Waals surface area contributed by atoms with Gasteiger partial charge in [0.2, 0.25) is 10.0 Å². The second kappa shape index (κ2) is 7.11. The molecule has 1 aromatic rings. The third-order valence-corrected chi connectivity index (χ3v) is 6.66. The molecular weight excluding hydrogens is 326 g/mol. The van der Waals surface area contributed by atoms with E-state index in [0.29, 0.717) is 36.7 Å². The summed E-state index contributed by atoms with van der Waals surface area (Å²) in [7, 11) is -3.19. The number of aryl methyl sites for hydroxylation is 1. The summed E-state index contributed by atoms with van der Waals surface area (Å²) in [5, 5.41) is 6.35. The van der Waals surface area contributed by atoms with Crippen molar-refractivity contribution in [1.82, 2.24) is 10.6 Å². The lowest BCUT2D eigenvalue weighted by Gasteiger charge is -2.23. The van der Waals surface area contributed by atoms with Gasteiger partial charge >= 0.3 is 0 Å². The lowest BCUT2D eigenvalue weighted by molar-refractivity contribution is 0.0944. The van der Waals surface area contributed by atoms with Crippen LogP contribution in [0.5, 0.6) is 0 Å². The summed E-state index contributed by atoms with van der Waals surface area (Å²) in [4.78, 5) is 12.4. The minimum Gasteiger partial charge on any atom is -0.352 e. The third-order valence-electron chi connectivity index (χ3n) is 4.79. The minimum absolute atomic E-state index is 0.0890. The van der Waals surface area contributed by atoms with E-state index in [1.807, 2.05) is 6.92 Å². The highest BCUT2D eigenvalue weighted by molar-refractivity contribution is 7.93. The summed E-state index contributed by atoms with van der Waals surface area (Å²) in [6.45, 7) is 5.05. The largest absolute Gasteiger partial charge is 0.352 e. The maximum Gasteiger partial charge on any atom is 0.251 e. The van der Waals surface area contributed by atoms with Crippen LogP contribution in [-0.4, -0.2) is 46.3 Å². The zero-order valence-electron chi connectivity index (χ0n) is 14.0. The quantitative estimate of drug-likeness (QED) is 0.856. The Balaban J connectivity index is 1.67. The molecule has 2 fully saturated rings. The molecule has 1 atom stereocenters. The van der Waals surface area contributed by atoms with Crippen LogP contribution in [0.4, 0.5) is 5.69 Å². The molecule has 0 radical (unpaired) electrons. The summed E-state index contributed by atoms with van der Waals surface area (Å²) in [6, 6.07) is 5.25. The molecule has 2 saturated heterocycles. The average molecular weight is 351 g/mol. The molecule has 0 saturated carbocycles. The van der Waals surface area contributed by atoms with E-state index in [1.54, 1.807) is 18.2 Å². The van der Waals surface area contributed by atoms with Crippen molar-refractivity contribution in [2.24, 2.45) is 5.92 Å². The van der Waals surface area contributed by atoms with Gasteiger partial charge in [0.15, 0.2) is 0 Å². The van der Waals surface area contributed by atoms with E-state index in [9.17, 15) is 13.2 Å². The Morgan fingerprint density at radius 3 is 2.83 bits per heavy atom. The number of nitrogens with one attached hydrogen (secondary N) is 2. The Kier molecular flexibility index (Phi) is 5.10. The number of anilines is 1. The van der Waals surface area contributed by atoms with Crippen LogP contribution in [0.25, 0.3) is 0 Å². The van der Waals surface area contributed by atoms with Gasteiger partial charge in [0.1, 0.15) is 0 Å². The molecule has 6 nitrogen and oxygen atoms in total. The van der Waals surface area contributed by atoms with E-state index in [2.05, 4.69) is 10.6 Å². The number of carbonyl (C=O) groups excluding carboxylic acids is 1. The van der Waals surface area contributed by atoms with Gasteiger partial charge in [-0.15, -0.1) is 0 Å². The highest BCUT2D eigenvalue weighted by Gasteiger charge is 2.28. The van der Waals surface area contributed by atoms with Crippen LogP contribution in [0.2, 0.25) is 0 Å². The summed E-state index contributed by atoms with van der Waals surface area (Å²) in [6.07, 6.45) is 2.94. The summed E-state index contributed by atoms with van der Waals surface area (Å²) >= 11 is 0. The maximum atomic E-state index is 12.4. The van der Waals surface area contributed by atoms with Crippen molar-refractivity contribution < 1.29 is 13.2 Å². The van der Waals surface area contributed by atoms with Crippen LogP contribution < -0.4 is 14.9 Å². The molecule has 2 N–H and O–H groups in total. The van der Waals surface area contributed by atoms with Crippen molar-refractivity contribution in [3.05, 3.63) is 29.3 Å². The van der Waals surface area contributed by atoms with E-state index >= 15 is 0 Å². The van der Waals surface area contributed by atoms with Crippen LogP contribution in [0.15, 0.2) is 18.2 Å². The van der Waals surface area contributed by atoms with E-state index in [4.69, 9.17) is 0 Å². The Labute approximate surface area is 143 Å². The first kappa shape index (κ1) is 17.2. The second-order valence-corrected chi connectivity index (χ2v) is 8.68. The fourth-order valence-electron chi connectivity index (χ4n) is 3.42. The molecule has 1 unspecified atom stereocenters. The number of sulfonamides is 1. The fourth-order valence-corrected chi connectivity index (χ4v) is 4.97. The lowest BCUT2D eigenvalue weighted by Crippen LogP contribution is -2.38. The Morgan fingerprint density at radius 2 is 2.21 bits per heavy atom. The van der Waals surface area contributed by atoms with Gasteiger partial charge in [0.05, 0.1) is 11.4 Å². The first-order chi connectivity index (χ1) is 11.5. The molecule has 3 rings (SSSR count). The molecule has 2 heterocycles. The number of nitrogens with zero attached hydrogens (tertiary/aromatic N) is 1. The number of carbonyl (C=O) groups is 1. The smallest absolute Gasteiger partial charge is 0.251 e. The van der Waals surface area contributed by atoms with Gasteiger partial charge in [-0.25, -0.2) is 8.42 Å². The van der Waals surface area contributed by atoms with Gasteiger partial charge in [-0.2, -0.15) is 0 Å². The van der Waals surface area contributed by atoms with Gasteiger partial charge < -0.3 is 10.6 Å². The van der Waals surface area contributed by atoms with Gasteiger partial charge in [0.25, 0.3) is 5.91 Å². The van der Waals surface area contributed by atoms with Gasteiger partial charge in [-0.3, -0.25) is 9.10 Å². The minimum atomic E-state index is -3.19. The van der Waals surface area contributed by atoms with Crippen molar-refractivity contribution in [2.75, 3.05) is 36.2 Å². The number of piperidine rings is 1. The van der Waals surface area contributed by atoms with Crippen molar-refractivity contribution in [1.29, 1.82) is 0 Å². The fraction of sp³-hybridized carbons (Fsp3) is 0.588. The van der Waals surface area contributed by atoms with Crippen LogP contribution in [0.3, 0.4) is 0 Å². The average Bonchev–Trinajstić information content (AvgIpc) is 2.92. The normalized spacial score (nSPS) is 23.2. The molecule has 1 amide bonds. The van der Waals surface area contributed by atoms with Gasteiger partial charge in [0, 0.05) is 18.7 Å². The van der Waals surface area contributed by atoms with Crippen LogP contribution >= 0.6 is 0 Å². The molecule has 0 aromatic heterocycles. The van der Waals surface area contributed by atoms with Crippen molar-refractivity contribution in [3.8, 4) is 0 Å². The predicted molar refractivity (Wildman–Crippen MR) is 94.9 cm³/mol. The number of hydrogen-bond donors (Lipinski definition) is 2. The SMILES string of the molecule is Cc1cc(N2CCCS2(=O)=O)ccc1C(=O)NCC1CCCNC1. The number of amides is 1. The molecule has 24 heavy (non-hydrogen) atoms. The number of rotatable bonds is 4. The first-order valence-corrected chi connectivity index (χ1v) is 10.2. The Morgan fingerprint density at radius 1 is 1.38 bits per heavy atom. The highest BCUT2D eigenvalue weighted by atomic mass is 32.2. The molecule has 1 aromatic carbocycles. The molecule has 0 aliphatic carbocycles. The second-order valence-electron chi connectivity index (χ2n) is 6.66. The number of benzene rings is 1. The first-order valence-electron chi connectivity index (χ1n) is 8.57.